The van der Waals surface area contributed by atoms with Crippen LogP contribution in [0, 0.1) is 0 Å². The molecule has 0 aromatic carbocycles. The van der Waals surface area contributed by atoms with Gasteiger partial charge in [0, 0.05) is 6.54 Å². The van der Waals surface area contributed by atoms with Crippen LogP contribution in [0.1, 0.15) is 6.42 Å². The molecule has 3 N–H and O–H groups in total. The summed E-state index contributed by atoms with van der Waals surface area (Å²) in [5.41, 5.74) is 5.24. The van der Waals surface area contributed by atoms with Crippen LogP contribution in [0.25, 0.3) is 0 Å². The van der Waals surface area contributed by atoms with Crippen molar-refractivity contribution >= 4 is 5.91 Å². The average molecular weight is 200 g/mol. The van der Waals surface area contributed by atoms with Crippen LogP contribution in [-0.4, -0.2) is 38.4 Å². The molecular formula is C9H16N2O3. The Hall–Kier alpha value is -1.07. The highest BCUT2D eigenvalue weighted by Gasteiger charge is 2.13. The van der Waals surface area contributed by atoms with E-state index in [4.69, 9.17) is 15.2 Å². The Morgan fingerprint density at radius 1 is 1.57 bits per heavy atom. The van der Waals surface area contributed by atoms with E-state index < -0.39 is 5.91 Å². The summed E-state index contributed by atoms with van der Waals surface area (Å²) in [6.45, 7) is 6.02. The van der Waals surface area contributed by atoms with Gasteiger partial charge in [-0.05, 0) is 6.42 Å². The Morgan fingerprint density at radius 2 is 2.36 bits per heavy atom. The summed E-state index contributed by atoms with van der Waals surface area (Å²) >= 11 is 0. The zero-order valence-electron chi connectivity index (χ0n) is 8.12. The van der Waals surface area contributed by atoms with E-state index in [0.29, 0.717) is 26.4 Å². The van der Waals surface area contributed by atoms with Crippen molar-refractivity contribution in [2.45, 2.75) is 12.5 Å². The SMILES string of the molecule is C=C(NCCC1COCCO1)C(N)=O. The summed E-state index contributed by atoms with van der Waals surface area (Å²) in [6.07, 6.45) is 0.892. The van der Waals surface area contributed by atoms with Crippen LogP contribution in [0.3, 0.4) is 0 Å². The Labute approximate surface area is 83.2 Å². The van der Waals surface area contributed by atoms with Gasteiger partial charge in [0.1, 0.15) is 0 Å². The van der Waals surface area contributed by atoms with E-state index in [-0.39, 0.29) is 11.8 Å². The van der Waals surface area contributed by atoms with Gasteiger partial charge in [-0.2, -0.15) is 0 Å². The third kappa shape index (κ3) is 3.76. The normalized spacial score (nSPS) is 21.6. The molecule has 0 radical (unpaired) electrons. The maximum atomic E-state index is 10.6. The van der Waals surface area contributed by atoms with E-state index >= 15 is 0 Å². The summed E-state index contributed by atoms with van der Waals surface area (Å²) in [5.74, 6) is -0.522. The Kier molecular flexibility index (Phi) is 4.42. The van der Waals surface area contributed by atoms with E-state index in [1.165, 1.54) is 0 Å². The molecule has 1 heterocycles. The van der Waals surface area contributed by atoms with Gasteiger partial charge in [-0.3, -0.25) is 4.79 Å². The van der Waals surface area contributed by atoms with Crippen molar-refractivity contribution in [2.24, 2.45) is 5.73 Å². The van der Waals surface area contributed by atoms with Crippen molar-refractivity contribution in [3.8, 4) is 0 Å². The summed E-state index contributed by atoms with van der Waals surface area (Å²) < 4.78 is 10.6. The first kappa shape index (κ1) is 11.0. The van der Waals surface area contributed by atoms with Crippen LogP contribution in [0.2, 0.25) is 0 Å². The van der Waals surface area contributed by atoms with Crippen molar-refractivity contribution in [2.75, 3.05) is 26.4 Å². The fourth-order valence-corrected chi connectivity index (χ4v) is 1.17. The molecule has 0 aromatic heterocycles. The summed E-state index contributed by atoms with van der Waals surface area (Å²) in [5, 5.41) is 2.82. The van der Waals surface area contributed by atoms with Gasteiger partial charge in [0.25, 0.3) is 5.91 Å². The van der Waals surface area contributed by atoms with Crippen LogP contribution in [0.15, 0.2) is 12.3 Å². The number of amides is 1. The average Bonchev–Trinajstić information content (AvgIpc) is 2.19. The maximum absolute atomic E-state index is 10.6. The maximum Gasteiger partial charge on any atom is 0.264 e. The first-order chi connectivity index (χ1) is 6.70. The van der Waals surface area contributed by atoms with E-state index in [0.717, 1.165) is 6.42 Å². The largest absolute Gasteiger partial charge is 0.381 e. The minimum absolute atomic E-state index is 0.108. The van der Waals surface area contributed by atoms with Gasteiger partial charge in [0.05, 0.1) is 31.6 Å². The van der Waals surface area contributed by atoms with Crippen molar-refractivity contribution in [3.05, 3.63) is 12.3 Å². The number of ether oxygens (including phenoxy) is 2. The minimum atomic E-state index is -0.522. The van der Waals surface area contributed by atoms with Crippen molar-refractivity contribution in [3.63, 3.8) is 0 Å². The number of nitrogens with one attached hydrogen (secondary N) is 1. The monoisotopic (exact) mass is 200 g/mol. The number of hydrogen-bond acceptors (Lipinski definition) is 4. The van der Waals surface area contributed by atoms with Gasteiger partial charge in [0.2, 0.25) is 0 Å². The van der Waals surface area contributed by atoms with Crippen LogP contribution in [-0.2, 0) is 14.3 Å². The van der Waals surface area contributed by atoms with Gasteiger partial charge in [-0.15, -0.1) is 0 Å². The molecule has 1 atom stereocenters. The van der Waals surface area contributed by atoms with E-state index in [2.05, 4.69) is 11.9 Å². The van der Waals surface area contributed by atoms with Crippen LogP contribution >= 0.6 is 0 Å². The molecule has 1 unspecified atom stereocenters. The lowest BCUT2D eigenvalue weighted by atomic mass is 10.2. The topological polar surface area (TPSA) is 73.6 Å². The molecule has 1 rings (SSSR count). The van der Waals surface area contributed by atoms with Gasteiger partial charge in [-0.1, -0.05) is 6.58 Å². The molecule has 0 spiro atoms. The van der Waals surface area contributed by atoms with E-state index in [1.807, 2.05) is 0 Å². The molecule has 0 saturated carbocycles. The third-order valence-electron chi connectivity index (χ3n) is 1.99. The second kappa shape index (κ2) is 5.62. The molecule has 0 aromatic rings. The quantitative estimate of drug-likeness (QED) is 0.580. The Morgan fingerprint density at radius 3 is 2.93 bits per heavy atom. The third-order valence-corrected chi connectivity index (χ3v) is 1.99. The molecule has 1 amide bonds. The molecule has 5 nitrogen and oxygen atoms in total. The Bertz CT molecular complexity index is 212. The fraction of sp³-hybridized carbons (Fsp3) is 0.667. The first-order valence-electron chi connectivity index (χ1n) is 4.62. The summed E-state index contributed by atoms with van der Waals surface area (Å²) in [7, 11) is 0. The Balaban J connectivity index is 2.08. The van der Waals surface area contributed by atoms with E-state index in [1.54, 1.807) is 0 Å². The molecule has 0 aliphatic carbocycles. The number of rotatable bonds is 5. The van der Waals surface area contributed by atoms with Gasteiger partial charge in [-0.25, -0.2) is 0 Å². The van der Waals surface area contributed by atoms with Crippen molar-refractivity contribution in [1.29, 1.82) is 0 Å². The van der Waals surface area contributed by atoms with Crippen LogP contribution in [0.5, 0.6) is 0 Å². The molecule has 5 heteroatoms. The predicted octanol–water partition coefficient (Wildman–Crippen LogP) is -0.619. The molecule has 1 aliphatic rings. The zero-order valence-corrected chi connectivity index (χ0v) is 8.12. The molecular weight excluding hydrogens is 184 g/mol. The lowest BCUT2D eigenvalue weighted by Gasteiger charge is -2.23. The zero-order chi connectivity index (χ0) is 10.4. The van der Waals surface area contributed by atoms with Crippen LogP contribution in [0.4, 0.5) is 0 Å². The highest BCUT2D eigenvalue weighted by atomic mass is 16.6. The summed E-state index contributed by atoms with van der Waals surface area (Å²) in [6, 6.07) is 0. The van der Waals surface area contributed by atoms with Gasteiger partial charge in [0.15, 0.2) is 0 Å². The second-order valence-corrected chi connectivity index (χ2v) is 3.13. The molecule has 0 bridgehead atoms. The van der Waals surface area contributed by atoms with E-state index in [9.17, 15) is 4.79 Å². The van der Waals surface area contributed by atoms with Gasteiger partial charge < -0.3 is 20.5 Å². The standard InChI is InChI=1S/C9H16N2O3/c1-7(9(10)12)11-3-2-8-6-13-4-5-14-8/h8,11H,1-6H2,(H2,10,12). The van der Waals surface area contributed by atoms with Crippen LogP contribution < -0.4 is 11.1 Å². The molecule has 80 valence electrons. The number of nitrogens with two attached hydrogens (primary N) is 1. The number of carbonyl (C=O) groups is 1. The highest BCUT2D eigenvalue weighted by molar-refractivity contribution is 5.90. The molecule has 14 heavy (non-hydrogen) atoms. The van der Waals surface area contributed by atoms with Gasteiger partial charge >= 0.3 is 0 Å². The number of carbonyl (C=O) groups excluding carboxylic acids is 1. The highest BCUT2D eigenvalue weighted by Crippen LogP contribution is 2.04. The minimum Gasteiger partial charge on any atom is -0.381 e. The second-order valence-electron chi connectivity index (χ2n) is 3.13. The number of hydrogen-bond donors (Lipinski definition) is 2. The van der Waals surface area contributed by atoms with Crippen molar-refractivity contribution < 1.29 is 14.3 Å². The predicted molar refractivity (Wildman–Crippen MR) is 51.5 cm³/mol. The first-order valence-corrected chi connectivity index (χ1v) is 4.62. The summed E-state index contributed by atoms with van der Waals surface area (Å²) in [4.78, 5) is 10.6. The molecule has 1 fully saturated rings. The lowest BCUT2D eigenvalue weighted by Crippen LogP contribution is -2.33. The smallest absolute Gasteiger partial charge is 0.264 e. The molecule has 1 aliphatic heterocycles. The van der Waals surface area contributed by atoms with Crippen molar-refractivity contribution in [1.82, 2.24) is 5.32 Å². The number of primary amides is 1. The lowest BCUT2D eigenvalue weighted by molar-refractivity contribution is -0.115. The fourth-order valence-electron chi connectivity index (χ4n) is 1.17. The molecule has 1 saturated heterocycles.